The summed E-state index contributed by atoms with van der Waals surface area (Å²) in [5.41, 5.74) is 0.851. The number of hydrogen-bond donors (Lipinski definition) is 0. The maximum absolute atomic E-state index is 11.7. The lowest BCUT2D eigenvalue weighted by Gasteiger charge is -2.09. The van der Waals surface area contributed by atoms with Crippen LogP contribution in [0.2, 0.25) is 0 Å². The molecule has 0 aliphatic carbocycles. The Morgan fingerprint density at radius 2 is 2.00 bits per heavy atom. The quantitative estimate of drug-likeness (QED) is 0.604. The van der Waals surface area contributed by atoms with Gasteiger partial charge in [0.2, 0.25) is 0 Å². The summed E-state index contributed by atoms with van der Waals surface area (Å²) >= 11 is 5.49. The molecular weight excluding hydrogens is 248 g/mol. The number of rotatable bonds is 5. The molecule has 0 bridgehead atoms. The van der Waals surface area contributed by atoms with E-state index in [1.807, 2.05) is 0 Å². The number of halogens is 1. The fourth-order valence-corrected chi connectivity index (χ4v) is 2.29. The van der Waals surface area contributed by atoms with Crippen LogP contribution in [0.5, 0.6) is 0 Å². The smallest absolute Gasteiger partial charge is 0.262 e. The van der Waals surface area contributed by atoms with Crippen LogP contribution < -0.4 is 0 Å². The van der Waals surface area contributed by atoms with E-state index in [1.54, 1.807) is 25.1 Å². The largest absolute Gasteiger partial charge is 0.297 e. The van der Waals surface area contributed by atoms with Crippen molar-refractivity contribution in [2.45, 2.75) is 17.9 Å². The lowest BCUT2D eigenvalue weighted by Crippen LogP contribution is -2.16. The molecule has 1 aromatic rings. The van der Waals surface area contributed by atoms with Crippen molar-refractivity contribution in [1.29, 1.82) is 0 Å². The van der Waals surface area contributed by atoms with Gasteiger partial charge in [-0.05, 0) is 24.6 Å². The standard InChI is InChI=1S/C11H13ClO3S/c1-3-10-4-6-11(7-5-10)16(13,14)15-9(2)8-12/h3-7,9H,1,8H2,2H3. The van der Waals surface area contributed by atoms with E-state index in [0.29, 0.717) is 0 Å². The van der Waals surface area contributed by atoms with Crippen molar-refractivity contribution in [2.75, 3.05) is 5.88 Å². The van der Waals surface area contributed by atoms with Crippen molar-refractivity contribution >= 4 is 27.8 Å². The van der Waals surface area contributed by atoms with Gasteiger partial charge in [0.1, 0.15) is 0 Å². The van der Waals surface area contributed by atoms with Crippen LogP contribution in [0.3, 0.4) is 0 Å². The number of benzene rings is 1. The van der Waals surface area contributed by atoms with Gasteiger partial charge in [-0.1, -0.05) is 24.8 Å². The molecule has 5 heteroatoms. The predicted molar refractivity (Wildman–Crippen MR) is 65.0 cm³/mol. The van der Waals surface area contributed by atoms with Crippen LogP contribution in [0.15, 0.2) is 35.7 Å². The molecule has 0 spiro atoms. The van der Waals surface area contributed by atoms with Crippen LogP contribution in [-0.2, 0) is 14.3 Å². The Hall–Kier alpha value is -0.840. The van der Waals surface area contributed by atoms with Gasteiger partial charge in [0, 0.05) is 5.88 Å². The van der Waals surface area contributed by atoms with E-state index >= 15 is 0 Å². The minimum atomic E-state index is -3.72. The molecule has 0 aliphatic heterocycles. The zero-order valence-corrected chi connectivity index (χ0v) is 10.5. The molecule has 0 aliphatic rings. The molecule has 0 saturated heterocycles. The van der Waals surface area contributed by atoms with E-state index in [1.165, 1.54) is 12.1 Å². The van der Waals surface area contributed by atoms with Crippen LogP contribution >= 0.6 is 11.6 Å². The van der Waals surface area contributed by atoms with Crippen LogP contribution in [0.4, 0.5) is 0 Å². The molecule has 0 amide bonds. The second-order valence-corrected chi connectivity index (χ2v) is 5.17. The van der Waals surface area contributed by atoms with Crippen LogP contribution in [-0.4, -0.2) is 20.4 Å². The first kappa shape index (κ1) is 13.2. The van der Waals surface area contributed by atoms with Gasteiger partial charge in [0.15, 0.2) is 0 Å². The third kappa shape index (κ3) is 3.33. The third-order valence-electron chi connectivity index (χ3n) is 1.91. The summed E-state index contributed by atoms with van der Waals surface area (Å²) in [4.78, 5) is 0.120. The summed E-state index contributed by atoms with van der Waals surface area (Å²) in [6, 6.07) is 6.28. The maximum atomic E-state index is 11.7. The monoisotopic (exact) mass is 260 g/mol. The molecule has 0 heterocycles. The first-order valence-corrected chi connectivity index (χ1v) is 6.65. The molecule has 0 saturated carbocycles. The van der Waals surface area contributed by atoms with Crippen LogP contribution in [0, 0.1) is 0 Å². The second-order valence-electron chi connectivity index (χ2n) is 3.29. The molecule has 0 aromatic heterocycles. The van der Waals surface area contributed by atoms with E-state index in [4.69, 9.17) is 15.8 Å². The van der Waals surface area contributed by atoms with Gasteiger partial charge in [-0.15, -0.1) is 11.6 Å². The van der Waals surface area contributed by atoms with Crippen molar-refractivity contribution in [1.82, 2.24) is 0 Å². The molecule has 1 aromatic carbocycles. The molecular formula is C11H13ClO3S. The number of hydrogen-bond acceptors (Lipinski definition) is 3. The van der Waals surface area contributed by atoms with E-state index in [0.717, 1.165) is 5.56 Å². The summed E-state index contributed by atoms with van der Waals surface area (Å²) in [5.74, 6) is 0.129. The highest BCUT2D eigenvalue weighted by molar-refractivity contribution is 7.86. The van der Waals surface area contributed by atoms with E-state index in [9.17, 15) is 8.42 Å². The summed E-state index contributed by atoms with van der Waals surface area (Å²) < 4.78 is 28.2. The van der Waals surface area contributed by atoms with Gasteiger partial charge in [-0.3, -0.25) is 4.18 Å². The summed E-state index contributed by atoms with van der Waals surface area (Å²) in [5, 5.41) is 0. The van der Waals surface area contributed by atoms with Gasteiger partial charge in [0.05, 0.1) is 11.0 Å². The Morgan fingerprint density at radius 3 is 2.44 bits per heavy atom. The maximum Gasteiger partial charge on any atom is 0.297 e. The Kier molecular flexibility index (Phi) is 4.53. The predicted octanol–water partition coefficient (Wildman–Crippen LogP) is 2.66. The van der Waals surface area contributed by atoms with Crippen molar-refractivity contribution in [3.63, 3.8) is 0 Å². The molecule has 3 nitrogen and oxygen atoms in total. The van der Waals surface area contributed by atoms with Crippen molar-refractivity contribution in [2.24, 2.45) is 0 Å². The van der Waals surface area contributed by atoms with Crippen LogP contribution in [0.25, 0.3) is 6.08 Å². The van der Waals surface area contributed by atoms with Gasteiger partial charge in [0.25, 0.3) is 10.1 Å². The van der Waals surface area contributed by atoms with Gasteiger partial charge < -0.3 is 0 Å². The second kappa shape index (κ2) is 5.48. The Bertz CT molecular complexity index is 451. The van der Waals surface area contributed by atoms with Crippen molar-refractivity contribution in [3.05, 3.63) is 36.4 Å². The Balaban J connectivity index is 2.94. The van der Waals surface area contributed by atoms with Crippen LogP contribution in [0.1, 0.15) is 12.5 Å². The average molecular weight is 261 g/mol. The Labute approximate surface area is 101 Å². The molecule has 1 rings (SSSR count). The molecule has 88 valence electrons. The highest BCUT2D eigenvalue weighted by Gasteiger charge is 2.18. The third-order valence-corrected chi connectivity index (χ3v) is 3.78. The molecule has 1 atom stereocenters. The fourth-order valence-electron chi connectivity index (χ4n) is 1.07. The van der Waals surface area contributed by atoms with Gasteiger partial charge in [-0.25, -0.2) is 0 Å². The van der Waals surface area contributed by atoms with E-state index < -0.39 is 16.2 Å². The average Bonchev–Trinajstić information content (AvgIpc) is 2.28. The summed E-state index contributed by atoms with van der Waals surface area (Å²) in [6.07, 6.45) is 1.10. The zero-order chi connectivity index (χ0) is 12.2. The molecule has 0 radical (unpaired) electrons. The van der Waals surface area contributed by atoms with Crippen molar-refractivity contribution < 1.29 is 12.6 Å². The number of alkyl halides is 1. The highest BCUT2D eigenvalue weighted by Crippen LogP contribution is 2.16. The normalized spacial score (nSPS) is 13.4. The fraction of sp³-hybridized carbons (Fsp3) is 0.273. The van der Waals surface area contributed by atoms with E-state index in [2.05, 4.69) is 6.58 Å². The lowest BCUT2D eigenvalue weighted by molar-refractivity contribution is 0.252. The first-order chi connectivity index (χ1) is 7.49. The molecule has 0 fully saturated rings. The molecule has 0 N–H and O–H groups in total. The topological polar surface area (TPSA) is 43.4 Å². The minimum absolute atomic E-state index is 0.120. The highest BCUT2D eigenvalue weighted by atomic mass is 35.5. The van der Waals surface area contributed by atoms with Crippen molar-refractivity contribution in [3.8, 4) is 0 Å². The van der Waals surface area contributed by atoms with E-state index in [-0.39, 0.29) is 10.8 Å². The molecule has 16 heavy (non-hydrogen) atoms. The molecule has 1 unspecified atom stereocenters. The zero-order valence-electron chi connectivity index (χ0n) is 8.89. The first-order valence-electron chi connectivity index (χ1n) is 4.71. The van der Waals surface area contributed by atoms with Gasteiger partial charge in [-0.2, -0.15) is 8.42 Å². The lowest BCUT2D eigenvalue weighted by atomic mass is 10.2. The summed E-state index contributed by atoms with van der Waals surface area (Å²) in [6.45, 7) is 5.19. The minimum Gasteiger partial charge on any atom is -0.262 e. The SMILES string of the molecule is C=Cc1ccc(S(=O)(=O)OC(C)CCl)cc1. The Morgan fingerprint density at radius 1 is 1.44 bits per heavy atom. The van der Waals surface area contributed by atoms with Gasteiger partial charge >= 0.3 is 0 Å². The summed E-state index contributed by atoms with van der Waals surface area (Å²) in [7, 11) is -3.72.